The van der Waals surface area contributed by atoms with E-state index in [1.165, 1.54) is 24.4 Å². The van der Waals surface area contributed by atoms with Crippen LogP contribution in [0.2, 0.25) is 0 Å². The molecule has 0 saturated carbocycles. The summed E-state index contributed by atoms with van der Waals surface area (Å²) in [7, 11) is 0. The van der Waals surface area contributed by atoms with Gasteiger partial charge in [0.05, 0.1) is 6.20 Å². The molecular formula is C11H7F2N. The van der Waals surface area contributed by atoms with Gasteiger partial charge in [-0.25, -0.2) is 8.78 Å². The van der Waals surface area contributed by atoms with E-state index in [1.807, 2.05) is 0 Å². The Balaban J connectivity index is 2.55. The van der Waals surface area contributed by atoms with Crippen molar-refractivity contribution in [1.29, 1.82) is 0 Å². The van der Waals surface area contributed by atoms with Gasteiger partial charge in [0.2, 0.25) is 0 Å². The first-order chi connectivity index (χ1) is 6.77. The van der Waals surface area contributed by atoms with Crippen molar-refractivity contribution in [2.75, 3.05) is 0 Å². The fourth-order valence-electron chi connectivity index (χ4n) is 1.27. The molecule has 70 valence electrons. The molecule has 0 radical (unpaired) electrons. The molecule has 2 rings (SSSR count). The van der Waals surface area contributed by atoms with Gasteiger partial charge in [-0.1, -0.05) is 12.1 Å². The third kappa shape index (κ3) is 1.62. The van der Waals surface area contributed by atoms with E-state index in [-0.39, 0.29) is 5.82 Å². The summed E-state index contributed by atoms with van der Waals surface area (Å²) in [4.78, 5) is 3.62. The molecule has 0 unspecified atom stereocenters. The van der Waals surface area contributed by atoms with Crippen molar-refractivity contribution in [3.05, 3.63) is 54.4 Å². The van der Waals surface area contributed by atoms with Crippen molar-refractivity contribution in [1.82, 2.24) is 4.98 Å². The zero-order valence-electron chi connectivity index (χ0n) is 7.24. The van der Waals surface area contributed by atoms with Crippen LogP contribution in [0.25, 0.3) is 11.1 Å². The minimum absolute atomic E-state index is 0.361. The molecule has 0 atom stereocenters. The molecule has 0 fully saturated rings. The molecule has 0 N–H and O–H groups in total. The van der Waals surface area contributed by atoms with Gasteiger partial charge in [0.15, 0.2) is 0 Å². The second-order valence-corrected chi connectivity index (χ2v) is 2.87. The second-order valence-electron chi connectivity index (χ2n) is 2.87. The Labute approximate surface area is 80.0 Å². The number of pyridine rings is 1. The molecule has 2 aromatic rings. The lowest BCUT2D eigenvalue weighted by atomic mass is 10.1. The van der Waals surface area contributed by atoms with E-state index in [2.05, 4.69) is 4.98 Å². The van der Waals surface area contributed by atoms with Crippen LogP contribution in [0, 0.1) is 11.6 Å². The van der Waals surface area contributed by atoms with Crippen LogP contribution < -0.4 is 0 Å². The van der Waals surface area contributed by atoms with Crippen molar-refractivity contribution < 1.29 is 8.78 Å². The van der Waals surface area contributed by atoms with Crippen LogP contribution in [0.4, 0.5) is 8.78 Å². The Hall–Kier alpha value is -1.77. The number of rotatable bonds is 1. The molecule has 1 nitrogen and oxygen atoms in total. The molecule has 0 aliphatic heterocycles. The fraction of sp³-hybridized carbons (Fsp3) is 0. The van der Waals surface area contributed by atoms with Crippen LogP contribution in [-0.2, 0) is 0 Å². The summed E-state index contributed by atoms with van der Waals surface area (Å²) >= 11 is 0. The van der Waals surface area contributed by atoms with Crippen LogP contribution in [0.1, 0.15) is 0 Å². The highest BCUT2D eigenvalue weighted by Gasteiger charge is 2.04. The first kappa shape index (κ1) is 8.81. The lowest BCUT2D eigenvalue weighted by molar-refractivity contribution is 0.621. The van der Waals surface area contributed by atoms with E-state index in [9.17, 15) is 8.78 Å². The lowest BCUT2D eigenvalue weighted by Crippen LogP contribution is -1.86. The Bertz CT molecular complexity index is 455. The molecule has 1 heterocycles. The van der Waals surface area contributed by atoms with Gasteiger partial charge in [-0.3, -0.25) is 4.98 Å². The second kappa shape index (κ2) is 3.54. The van der Waals surface area contributed by atoms with Crippen LogP contribution in [0.3, 0.4) is 0 Å². The monoisotopic (exact) mass is 191 g/mol. The number of aromatic nitrogens is 1. The smallest absolute Gasteiger partial charge is 0.149 e. The lowest BCUT2D eigenvalue weighted by Gasteiger charge is -2.01. The number of hydrogen-bond acceptors (Lipinski definition) is 1. The Morgan fingerprint density at radius 2 is 1.93 bits per heavy atom. The summed E-state index contributed by atoms with van der Waals surface area (Å²) in [6.45, 7) is 0. The predicted molar refractivity (Wildman–Crippen MR) is 49.6 cm³/mol. The van der Waals surface area contributed by atoms with E-state index < -0.39 is 5.82 Å². The maximum absolute atomic E-state index is 13.2. The Morgan fingerprint density at radius 1 is 1.07 bits per heavy atom. The van der Waals surface area contributed by atoms with E-state index >= 15 is 0 Å². The molecule has 0 bridgehead atoms. The SMILES string of the molecule is Fc1cccc(-c2ccncc2F)c1. The number of halogens is 2. The van der Waals surface area contributed by atoms with Crippen LogP contribution in [-0.4, -0.2) is 4.98 Å². The molecular weight excluding hydrogens is 184 g/mol. The molecule has 0 aliphatic carbocycles. The van der Waals surface area contributed by atoms with Gasteiger partial charge in [0.25, 0.3) is 0 Å². The molecule has 14 heavy (non-hydrogen) atoms. The molecule has 1 aromatic carbocycles. The topological polar surface area (TPSA) is 12.9 Å². The zero-order valence-corrected chi connectivity index (χ0v) is 7.24. The maximum Gasteiger partial charge on any atom is 0.149 e. The van der Waals surface area contributed by atoms with E-state index in [0.29, 0.717) is 11.1 Å². The Kier molecular flexibility index (Phi) is 2.23. The van der Waals surface area contributed by atoms with Gasteiger partial charge in [-0.05, 0) is 23.8 Å². The Morgan fingerprint density at radius 3 is 2.64 bits per heavy atom. The van der Waals surface area contributed by atoms with Gasteiger partial charge in [-0.15, -0.1) is 0 Å². The van der Waals surface area contributed by atoms with Crippen LogP contribution in [0.5, 0.6) is 0 Å². The molecule has 1 aromatic heterocycles. The quantitative estimate of drug-likeness (QED) is 0.675. The van der Waals surface area contributed by atoms with E-state index in [0.717, 1.165) is 6.20 Å². The molecule has 0 saturated heterocycles. The number of hydrogen-bond donors (Lipinski definition) is 0. The summed E-state index contributed by atoms with van der Waals surface area (Å²) in [5.41, 5.74) is 0.879. The van der Waals surface area contributed by atoms with E-state index in [4.69, 9.17) is 0 Å². The highest BCUT2D eigenvalue weighted by molar-refractivity contribution is 5.63. The van der Waals surface area contributed by atoms with Gasteiger partial charge in [0, 0.05) is 11.8 Å². The first-order valence-corrected chi connectivity index (χ1v) is 4.13. The standard InChI is InChI=1S/C11H7F2N/c12-9-3-1-2-8(6-9)10-4-5-14-7-11(10)13/h1-7H. The molecule has 3 heteroatoms. The average molecular weight is 191 g/mol. The van der Waals surface area contributed by atoms with Gasteiger partial charge >= 0.3 is 0 Å². The molecule has 0 spiro atoms. The normalized spacial score (nSPS) is 10.1. The summed E-state index contributed by atoms with van der Waals surface area (Å²) in [5, 5.41) is 0. The highest BCUT2D eigenvalue weighted by atomic mass is 19.1. The summed E-state index contributed by atoms with van der Waals surface area (Å²) in [6, 6.07) is 7.33. The largest absolute Gasteiger partial charge is 0.262 e. The van der Waals surface area contributed by atoms with Crippen molar-refractivity contribution in [2.45, 2.75) is 0 Å². The summed E-state index contributed by atoms with van der Waals surface area (Å²) in [6.07, 6.45) is 2.59. The van der Waals surface area contributed by atoms with Gasteiger partial charge in [-0.2, -0.15) is 0 Å². The van der Waals surface area contributed by atoms with Crippen molar-refractivity contribution in [3.8, 4) is 11.1 Å². The highest BCUT2D eigenvalue weighted by Crippen LogP contribution is 2.21. The van der Waals surface area contributed by atoms with E-state index in [1.54, 1.807) is 12.1 Å². The number of nitrogens with zero attached hydrogens (tertiary/aromatic N) is 1. The van der Waals surface area contributed by atoms with Crippen LogP contribution >= 0.6 is 0 Å². The van der Waals surface area contributed by atoms with Gasteiger partial charge in [0.1, 0.15) is 11.6 Å². The third-order valence-electron chi connectivity index (χ3n) is 1.91. The average Bonchev–Trinajstić information content (AvgIpc) is 2.18. The third-order valence-corrected chi connectivity index (χ3v) is 1.91. The zero-order chi connectivity index (χ0) is 9.97. The van der Waals surface area contributed by atoms with Crippen molar-refractivity contribution in [2.24, 2.45) is 0 Å². The van der Waals surface area contributed by atoms with Crippen molar-refractivity contribution >= 4 is 0 Å². The van der Waals surface area contributed by atoms with Crippen molar-refractivity contribution in [3.63, 3.8) is 0 Å². The number of benzene rings is 1. The summed E-state index contributed by atoms with van der Waals surface area (Å²) in [5.74, 6) is -0.822. The van der Waals surface area contributed by atoms with Gasteiger partial charge < -0.3 is 0 Å². The summed E-state index contributed by atoms with van der Waals surface area (Å²) < 4.78 is 26.1. The molecule has 0 amide bonds. The van der Waals surface area contributed by atoms with Crippen LogP contribution in [0.15, 0.2) is 42.7 Å². The minimum atomic E-state index is -0.446. The first-order valence-electron chi connectivity index (χ1n) is 4.13. The molecule has 0 aliphatic rings. The fourth-order valence-corrected chi connectivity index (χ4v) is 1.27. The minimum Gasteiger partial charge on any atom is -0.262 e. The predicted octanol–water partition coefficient (Wildman–Crippen LogP) is 3.03. The maximum atomic E-state index is 13.2.